The van der Waals surface area contributed by atoms with Crippen LogP contribution in [0.2, 0.25) is 5.02 Å². The van der Waals surface area contributed by atoms with E-state index in [1.54, 1.807) is 19.1 Å². The molecule has 45 heavy (non-hydrogen) atoms. The Kier molecular flexibility index (Phi) is 7.00. The van der Waals surface area contributed by atoms with Crippen LogP contribution in [0.15, 0.2) is 48.7 Å². The van der Waals surface area contributed by atoms with Gasteiger partial charge < -0.3 is 23.8 Å². The lowest BCUT2D eigenvalue weighted by Crippen LogP contribution is -2.35. The summed E-state index contributed by atoms with van der Waals surface area (Å²) >= 11 is 5.99. The highest BCUT2D eigenvalue weighted by Crippen LogP contribution is 2.50. The molecule has 5 aromatic rings. The largest absolute Gasteiger partial charge is 0.444 e. The van der Waals surface area contributed by atoms with Crippen molar-refractivity contribution in [1.29, 1.82) is 0 Å². The third kappa shape index (κ3) is 5.22. The molecule has 0 radical (unpaired) electrons. The molecule has 2 atom stereocenters. The number of rotatable bonds is 7. The number of pyridine rings is 1. The molecule has 0 spiro atoms. The molecule has 3 aliphatic heterocycles. The number of nitrogens with zero attached hydrogens (tertiary/aromatic N) is 6. The first-order valence-corrected chi connectivity index (χ1v) is 15.8. The zero-order chi connectivity index (χ0) is 30.7. The lowest BCUT2D eigenvalue weighted by Gasteiger charge is -2.33. The predicted octanol–water partition coefficient (Wildman–Crippen LogP) is 6.13. The van der Waals surface area contributed by atoms with Crippen LogP contribution in [0.4, 0.5) is 4.39 Å². The van der Waals surface area contributed by atoms with Crippen molar-refractivity contribution >= 4 is 22.6 Å². The maximum atomic E-state index is 14.9. The monoisotopic (exact) mass is 629 g/mol. The average molecular weight is 630 g/mol. The minimum atomic E-state index is -1.27. The molecule has 0 bridgehead atoms. The van der Waals surface area contributed by atoms with Gasteiger partial charge in [-0.3, -0.25) is 9.88 Å². The first-order valence-electron chi connectivity index (χ1n) is 15.4. The number of para-hydroxylation sites is 1. The van der Waals surface area contributed by atoms with Crippen molar-refractivity contribution < 1.29 is 18.6 Å². The Bertz CT molecular complexity index is 1900. The van der Waals surface area contributed by atoms with Gasteiger partial charge in [0.15, 0.2) is 17.3 Å². The minimum absolute atomic E-state index is 0.193. The van der Waals surface area contributed by atoms with Crippen LogP contribution in [-0.2, 0) is 23.6 Å². The van der Waals surface area contributed by atoms with Gasteiger partial charge in [0.1, 0.15) is 23.2 Å². The van der Waals surface area contributed by atoms with E-state index in [9.17, 15) is 4.39 Å². The van der Waals surface area contributed by atoms with Gasteiger partial charge in [0.25, 0.3) is 5.79 Å². The summed E-state index contributed by atoms with van der Waals surface area (Å²) in [6, 6.07) is 12.5. The highest BCUT2D eigenvalue weighted by molar-refractivity contribution is 6.30. The topological polar surface area (TPSA) is 103 Å². The van der Waals surface area contributed by atoms with Gasteiger partial charge in [-0.05, 0) is 75.5 Å². The Balaban J connectivity index is 1.000. The van der Waals surface area contributed by atoms with Crippen molar-refractivity contribution in [3.8, 4) is 23.0 Å². The second kappa shape index (κ2) is 11.1. The van der Waals surface area contributed by atoms with E-state index in [1.165, 1.54) is 6.07 Å². The highest BCUT2D eigenvalue weighted by Gasteiger charge is 2.43. The summed E-state index contributed by atoms with van der Waals surface area (Å²) in [7, 11) is 0. The Hall–Kier alpha value is -4.06. The average Bonchev–Trinajstić information content (AvgIpc) is 3.69. The molecule has 2 fully saturated rings. The van der Waals surface area contributed by atoms with E-state index in [0.717, 1.165) is 86.0 Å². The number of aryl methyl sites for hydroxylation is 1. The molecular formula is C33H33ClFN7O3. The van der Waals surface area contributed by atoms with Gasteiger partial charge in [0.2, 0.25) is 0 Å². The Morgan fingerprint density at radius 3 is 2.67 bits per heavy atom. The maximum Gasteiger partial charge on any atom is 0.278 e. The Morgan fingerprint density at radius 1 is 1.09 bits per heavy atom. The van der Waals surface area contributed by atoms with Gasteiger partial charge in [-0.15, -0.1) is 10.2 Å². The number of aromatic nitrogens is 6. The van der Waals surface area contributed by atoms with Gasteiger partial charge in [-0.1, -0.05) is 23.7 Å². The molecule has 232 valence electrons. The van der Waals surface area contributed by atoms with Crippen molar-refractivity contribution in [2.45, 2.75) is 64.0 Å². The van der Waals surface area contributed by atoms with E-state index in [-0.39, 0.29) is 12.0 Å². The predicted molar refractivity (Wildman–Crippen MR) is 166 cm³/mol. The molecule has 0 saturated carbocycles. The maximum absolute atomic E-state index is 14.9. The molecule has 10 nitrogen and oxygen atoms in total. The quantitative estimate of drug-likeness (QED) is 0.229. The van der Waals surface area contributed by atoms with E-state index in [4.69, 9.17) is 30.8 Å². The van der Waals surface area contributed by atoms with Gasteiger partial charge in [-0.25, -0.2) is 9.37 Å². The van der Waals surface area contributed by atoms with Gasteiger partial charge >= 0.3 is 0 Å². The van der Waals surface area contributed by atoms with Crippen LogP contribution >= 0.6 is 11.6 Å². The molecular weight excluding hydrogens is 597 g/mol. The van der Waals surface area contributed by atoms with Gasteiger partial charge in [-0.2, -0.15) is 0 Å². The summed E-state index contributed by atoms with van der Waals surface area (Å²) in [6.07, 6.45) is 5.02. The molecule has 0 amide bonds. The van der Waals surface area contributed by atoms with E-state index in [2.05, 4.69) is 35.7 Å². The van der Waals surface area contributed by atoms with Crippen LogP contribution in [0.1, 0.15) is 54.9 Å². The molecule has 2 aromatic carbocycles. The van der Waals surface area contributed by atoms with Crippen molar-refractivity contribution in [2.24, 2.45) is 0 Å². The number of ether oxygens (including phenoxy) is 3. The third-order valence-electron chi connectivity index (χ3n) is 9.16. The molecule has 3 aromatic heterocycles. The first kappa shape index (κ1) is 28.4. The fraction of sp³-hybridized carbons (Fsp3) is 0.394. The summed E-state index contributed by atoms with van der Waals surface area (Å²) in [5.41, 5.74) is 4.01. The number of halogens is 2. The van der Waals surface area contributed by atoms with Crippen LogP contribution in [0.25, 0.3) is 22.6 Å². The van der Waals surface area contributed by atoms with E-state index < -0.39 is 11.6 Å². The smallest absolute Gasteiger partial charge is 0.278 e. The number of nitrogens with one attached hydrogen (secondary N) is 1. The highest BCUT2D eigenvalue weighted by atomic mass is 35.5. The van der Waals surface area contributed by atoms with Crippen molar-refractivity contribution in [1.82, 2.24) is 34.6 Å². The number of likely N-dealkylation sites (tertiary alicyclic amines) is 1. The third-order valence-corrected chi connectivity index (χ3v) is 9.39. The number of aromatic amines is 1. The number of fused-ring (bicyclic) bond motifs is 2. The molecule has 6 heterocycles. The number of benzene rings is 2. The summed E-state index contributed by atoms with van der Waals surface area (Å²) in [6.45, 7) is 7.71. The van der Waals surface area contributed by atoms with E-state index in [1.807, 2.05) is 31.3 Å². The molecule has 0 unspecified atom stereocenters. The second-order valence-electron chi connectivity index (χ2n) is 12.2. The number of hydrogen-bond acceptors (Lipinski definition) is 8. The normalized spacial score (nSPS) is 21.8. The molecule has 8 rings (SSSR count). The van der Waals surface area contributed by atoms with Gasteiger partial charge in [0, 0.05) is 24.1 Å². The molecule has 1 N–H and O–H groups in total. The van der Waals surface area contributed by atoms with Crippen LogP contribution in [0, 0.1) is 12.7 Å². The second-order valence-corrected chi connectivity index (χ2v) is 12.7. The van der Waals surface area contributed by atoms with Crippen LogP contribution in [0.3, 0.4) is 0 Å². The molecule has 0 aliphatic carbocycles. The molecule has 12 heteroatoms. The zero-order valence-corrected chi connectivity index (χ0v) is 25.9. The molecule has 2 saturated heterocycles. The van der Waals surface area contributed by atoms with Crippen molar-refractivity contribution in [3.05, 3.63) is 82.3 Å². The van der Waals surface area contributed by atoms with Crippen LogP contribution in [-0.4, -0.2) is 60.4 Å². The molecule has 3 aliphatic rings. The zero-order valence-electron chi connectivity index (χ0n) is 25.1. The van der Waals surface area contributed by atoms with E-state index in [0.29, 0.717) is 27.9 Å². The number of piperidine rings is 1. The number of hydrogen-bond donors (Lipinski definition) is 1. The standard InChI is InChI=1S/C33H33ClFN7O3/c1-19-37-32(40-39-19)27-15-26-28(16-36-27)42(17-22-10-13-43-22)30(38-26)18-41-11-8-20(9-12-41)23-4-3-5-29-31(23)45-33(2,44-29)24-7-6-21(34)14-25(24)35/h3-7,14-16,20,22H,8-13,17-18H2,1-2H3,(H,37,39,40)/t22-,33-/m0/s1. The summed E-state index contributed by atoms with van der Waals surface area (Å²) in [4.78, 5) is 15.4. The van der Waals surface area contributed by atoms with Crippen LogP contribution < -0.4 is 9.47 Å². The Labute approximate surface area is 264 Å². The first-order chi connectivity index (χ1) is 21.8. The van der Waals surface area contributed by atoms with Gasteiger partial charge in [0.05, 0.1) is 42.0 Å². The van der Waals surface area contributed by atoms with Crippen molar-refractivity contribution in [3.63, 3.8) is 0 Å². The number of H-pyrrole nitrogens is 1. The summed E-state index contributed by atoms with van der Waals surface area (Å²) in [5.74, 6) is 2.28. The lowest BCUT2D eigenvalue weighted by atomic mass is 9.88. The SMILES string of the molecule is Cc1nnc(-c2cc3nc(CN4CCC(c5cccc6c5O[C@@](C)(c5ccc(Cl)cc5F)O6)CC4)n(C[C@@H]4CCO4)c3cn2)[nH]1. The fourth-order valence-corrected chi connectivity index (χ4v) is 6.82. The Morgan fingerprint density at radius 2 is 1.93 bits per heavy atom. The van der Waals surface area contributed by atoms with E-state index >= 15 is 0 Å². The number of imidazole rings is 1. The van der Waals surface area contributed by atoms with Crippen molar-refractivity contribution in [2.75, 3.05) is 19.7 Å². The van der Waals surface area contributed by atoms with Crippen LogP contribution in [0.5, 0.6) is 11.5 Å². The minimum Gasteiger partial charge on any atom is -0.444 e. The fourth-order valence-electron chi connectivity index (χ4n) is 6.66. The lowest BCUT2D eigenvalue weighted by molar-refractivity contribution is -0.0712. The summed E-state index contributed by atoms with van der Waals surface area (Å²) < 4.78 is 35.5. The summed E-state index contributed by atoms with van der Waals surface area (Å²) in [5, 5.41) is 8.61.